The number of rotatable bonds is 5. The number of ether oxygens (including phenoxy) is 1. The second-order valence-electron chi connectivity index (χ2n) is 7.95. The topological polar surface area (TPSA) is 153 Å². The van der Waals surface area contributed by atoms with Crippen molar-refractivity contribution in [3.63, 3.8) is 0 Å². The van der Waals surface area contributed by atoms with Gasteiger partial charge in [-0.05, 0) is 17.7 Å². The molecule has 242 valence electrons. The van der Waals surface area contributed by atoms with E-state index in [1.807, 2.05) is 30.7 Å². The monoisotopic (exact) mass is 640 g/mol. The van der Waals surface area contributed by atoms with E-state index in [1.54, 1.807) is 7.11 Å². The molecule has 1 aliphatic rings. The molecule has 0 aliphatic carbocycles. The summed E-state index contributed by atoms with van der Waals surface area (Å²) in [5.74, 6) is -7.18. The summed E-state index contributed by atoms with van der Waals surface area (Å²) in [6.07, 6.45) is -9.62. The van der Waals surface area contributed by atoms with Crippen molar-refractivity contribution in [3.8, 4) is 0 Å². The number of carbonyl (C=O) groups is 3. The zero-order valence-electron chi connectivity index (χ0n) is 21.9. The SMILES string of the molecule is COCCN1CCN(Cc2cccnc2)Cc2cccnc21.O=C(O)C(F)(F)F.O=C(O)C(F)(F)F.O=C(O)C(F)(F)F. The van der Waals surface area contributed by atoms with Gasteiger partial charge in [-0.2, -0.15) is 39.5 Å². The molecule has 0 radical (unpaired) electrons. The van der Waals surface area contributed by atoms with Gasteiger partial charge in [0.25, 0.3) is 0 Å². The molecule has 43 heavy (non-hydrogen) atoms. The van der Waals surface area contributed by atoms with Gasteiger partial charge in [0.15, 0.2) is 0 Å². The van der Waals surface area contributed by atoms with E-state index in [2.05, 4.69) is 31.9 Å². The van der Waals surface area contributed by atoms with Crippen molar-refractivity contribution < 1.29 is 74.0 Å². The van der Waals surface area contributed by atoms with Gasteiger partial charge >= 0.3 is 36.4 Å². The third kappa shape index (κ3) is 16.7. The molecule has 3 rings (SSSR count). The van der Waals surface area contributed by atoms with Crippen LogP contribution in [-0.4, -0.2) is 100.0 Å². The number of anilines is 1. The normalized spacial score (nSPS) is 13.4. The number of carboxylic acids is 3. The maximum Gasteiger partial charge on any atom is 0.490 e. The van der Waals surface area contributed by atoms with Crippen LogP contribution in [0.25, 0.3) is 0 Å². The molecule has 2 aromatic heterocycles. The van der Waals surface area contributed by atoms with Crippen LogP contribution in [0.4, 0.5) is 45.3 Å². The van der Waals surface area contributed by atoms with Crippen LogP contribution in [0.3, 0.4) is 0 Å². The first-order valence-corrected chi connectivity index (χ1v) is 11.4. The highest BCUT2D eigenvalue weighted by molar-refractivity contribution is 5.73. The van der Waals surface area contributed by atoms with E-state index in [9.17, 15) is 39.5 Å². The summed E-state index contributed by atoms with van der Waals surface area (Å²) >= 11 is 0. The summed E-state index contributed by atoms with van der Waals surface area (Å²) in [6, 6.07) is 8.31. The van der Waals surface area contributed by atoms with Crippen molar-refractivity contribution in [2.45, 2.75) is 31.6 Å². The number of aromatic nitrogens is 2. The third-order valence-corrected chi connectivity index (χ3v) is 4.67. The Morgan fingerprint density at radius 1 is 0.837 bits per heavy atom. The minimum absolute atomic E-state index is 0.721. The minimum Gasteiger partial charge on any atom is -0.475 e. The van der Waals surface area contributed by atoms with E-state index >= 15 is 0 Å². The van der Waals surface area contributed by atoms with Crippen LogP contribution in [-0.2, 0) is 32.2 Å². The Labute approximate surface area is 237 Å². The number of carboxylic acid groups (broad SMARTS) is 3. The molecule has 0 unspecified atom stereocenters. The molecule has 0 fully saturated rings. The lowest BCUT2D eigenvalue weighted by Gasteiger charge is -2.23. The summed E-state index contributed by atoms with van der Waals surface area (Å²) in [6.45, 7) is 5.41. The van der Waals surface area contributed by atoms with E-state index in [4.69, 9.17) is 34.4 Å². The van der Waals surface area contributed by atoms with E-state index in [0.29, 0.717) is 0 Å². The second-order valence-corrected chi connectivity index (χ2v) is 7.95. The molecular formula is C23H25F9N4O7. The Morgan fingerprint density at radius 2 is 1.33 bits per heavy atom. The van der Waals surface area contributed by atoms with E-state index in [-0.39, 0.29) is 0 Å². The van der Waals surface area contributed by atoms with Crippen LogP contribution >= 0.6 is 0 Å². The predicted octanol–water partition coefficient (Wildman–Crippen LogP) is 3.85. The molecule has 3 heterocycles. The lowest BCUT2D eigenvalue weighted by Crippen LogP contribution is -2.33. The molecule has 20 heteroatoms. The van der Waals surface area contributed by atoms with Gasteiger partial charge in [-0.25, -0.2) is 19.4 Å². The molecule has 0 bridgehead atoms. The quantitative estimate of drug-likeness (QED) is 0.409. The number of aliphatic carboxylic acids is 3. The Balaban J connectivity index is 0.000000690. The Bertz CT molecular complexity index is 1090. The summed E-state index contributed by atoms with van der Waals surface area (Å²) < 4.78 is 100. The smallest absolute Gasteiger partial charge is 0.475 e. The average molecular weight is 640 g/mol. The highest BCUT2D eigenvalue weighted by atomic mass is 19.4. The van der Waals surface area contributed by atoms with E-state index < -0.39 is 36.4 Å². The number of halogens is 9. The maximum atomic E-state index is 10.6. The number of pyridine rings is 2. The van der Waals surface area contributed by atoms with E-state index in [1.165, 1.54) is 11.1 Å². The number of methoxy groups -OCH3 is 1. The fourth-order valence-electron chi connectivity index (χ4n) is 2.83. The fourth-order valence-corrected chi connectivity index (χ4v) is 2.83. The van der Waals surface area contributed by atoms with Gasteiger partial charge in [-0.3, -0.25) is 9.88 Å². The van der Waals surface area contributed by atoms with Gasteiger partial charge in [0.2, 0.25) is 0 Å². The van der Waals surface area contributed by atoms with Crippen molar-refractivity contribution >= 4 is 23.7 Å². The summed E-state index contributed by atoms with van der Waals surface area (Å²) in [5.41, 5.74) is 2.53. The first kappa shape index (κ1) is 38.8. The Morgan fingerprint density at radius 3 is 1.74 bits per heavy atom. The first-order chi connectivity index (χ1) is 19.7. The molecule has 11 nitrogen and oxygen atoms in total. The van der Waals surface area contributed by atoms with Gasteiger partial charge in [0.1, 0.15) is 5.82 Å². The van der Waals surface area contributed by atoms with Crippen molar-refractivity contribution in [1.29, 1.82) is 0 Å². The molecular weight excluding hydrogens is 615 g/mol. The molecule has 0 saturated carbocycles. The predicted molar refractivity (Wildman–Crippen MR) is 128 cm³/mol. The van der Waals surface area contributed by atoms with Crippen molar-refractivity contribution in [3.05, 3.63) is 54.0 Å². The van der Waals surface area contributed by atoms with Crippen molar-refractivity contribution in [1.82, 2.24) is 14.9 Å². The van der Waals surface area contributed by atoms with Crippen LogP contribution in [0.5, 0.6) is 0 Å². The number of alkyl halides is 9. The molecule has 0 aromatic carbocycles. The van der Waals surface area contributed by atoms with Crippen LogP contribution in [0.1, 0.15) is 11.1 Å². The number of fused-ring (bicyclic) bond motifs is 1. The molecule has 0 saturated heterocycles. The highest BCUT2D eigenvalue weighted by Gasteiger charge is 2.39. The lowest BCUT2D eigenvalue weighted by atomic mass is 10.2. The number of nitrogens with zero attached hydrogens (tertiary/aromatic N) is 4. The Kier molecular flexibility index (Phi) is 16.0. The number of hydrogen-bond acceptors (Lipinski definition) is 8. The molecule has 0 atom stereocenters. The molecule has 0 spiro atoms. The Hall–Kier alpha value is -4.20. The zero-order valence-corrected chi connectivity index (χ0v) is 21.9. The average Bonchev–Trinajstić information content (AvgIpc) is 3.06. The van der Waals surface area contributed by atoms with Gasteiger partial charge in [0, 0.05) is 64.0 Å². The summed E-state index contributed by atoms with van der Waals surface area (Å²) in [4.78, 5) is 40.3. The largest absolute Gasteiger partial charge is 0.490 e. The van der Waals surface area contributed by atoms with Gasteiger partial charge in [-0.1, -0.05) is 12.1 Å². The standard InChI is InChI=1S/C17H22N4O.3C2HF3O2/c1-22-11-10-21-9-8-20(13-15-4-2-6-18-12-15)14-16-5-3-7-19-17(16)21;3*3-2(4,5)1(6)7/h2-7,12H,8-11,13-14H2,1H3;3*(H,6,7). The fraction of sp³-hybridized carbons (Fsp3) is 0.435. The van der Waals surface area contributed by atoms with Gasteiger partial charge in [0.05, 0.1) is 6.61 Å². The van der Waals surface area contributed by atoms with E-state index in [0.717, 1.165) is 45.1 Å². The van der Waals surface area contributed by atoms with Crippen LogP contribution in [0.2, 0.25) is 0 Å². The minimum atomic E-state index is -5.08. The van der Waals surface area contributed by atoms with Crippen molar-refractivity contribution in [2.24, 2.45) is 0 Å². The van der Waals surface area contributed by atoms with Crippen LogP contribution < -0.4 is 4.90 Å². The highest BCUT2D eigenvalue weighted by Crippen LogP contribution is 2.23. The maximum absolute atomic E-state index is 10.6. The van der Waals surface area contributed by atoms with Gasteiger partial charge in [-0.15, -0.1) is 0 Å². The second kappa shape index (κ2) is 17.7. The summed E-state index contributed by atoms with van der Waals surface area (Å²) in [7, 11) is 1.74. The zero-order chi connectivity index (χ0) is 33.4. The van der Waals surface area contributed by atoms with Crippen LogP contribution in [0.15, 0.2) is 42.9 Å². The van der Waals surface area contributed by atoms with Crippen molar-refractivity contribution in [2.75, 3.05) is 38.3 Å². The van der Waals surface area contributed by atoms with Crippen LogP contribution in [0, 0.1) is 0 Å². The van der Waals surface area contributed by atoms with Gasteiger partial charge < -0.3 is 25.0 Å². The molecule has 0 amide bonds. The molecule has 2 aromatic rings. The summed E-state index contributed by atoms with van der Waals surface area (Å²) in [5, 5.41) is 21.4. The number of hydrogen-bond donors (Lipinski definition) is 3. The third-order valence-electron chi connectivity index (χ3n) is 4.67. The first-order valence-electron chi connectivity index (χ1n) is 11.4. The molecule has 3 N–H and O–H groups in total. The molecule has 1 aliphatic heterocycles. The lowest BCUT2D eigenvalue weighted by molar-refractivity contribution is -0.193.